The molecule has 0 bridgehead atoms. The number of carbonyl (C=O) groups is 1. The van der Waals surface area contributed by atoms with Crippen LogP contribution in [0.5, 0.6) is 11.5 Å². The Hall–Kier alpha value is -2.53. The van der Waals surface area contributed by atoms with Gasteiger partial charge in [-0.05, 0) is 38.1 Å². The fraction of sp³-hybridized carbons (Fsp3) is 0.350. The molecule has 0 radical (unpaired) electrons. The van der Waals surface area contributed by atoms with Gasteiger partial charge in [-0.15, -0.1) is 0 Å². The Morgan fingerprint density at radius 2 is 2.00 bits per heavy atom. The summed E-state index contributed by atoms with van der Waals surface area (Å²) < 4.78 is 11.6. The highest BCUT2D eigenvalue weighted by Crippen LogP contribution is 2.41. The average molecular weight is 338 g/mol. The molecule has 2 aromatic rings. The Morgan fingerprint density at radius 3 is 2.76 bits per heavy atom. The smallest absolute Gasteiger partial charge is 0.316 e. The summed E-state index contributed by atoms with van der Waals surface area (Å²) in [7, 11) is 0. The van der Waals surface area contributed by atoms with Crippen molar-refractivity contribution in [3.63, 3.8) is 0 Å². The lowest BCUT2D eigenvalue weighted by Gasteiger charge is -2.41. The topological polar surface area (TPSA) is 50.8 Å². The molecular weight excluding hydrogens is 316 g/mol. The minimum Gasteiger partial charge on any atom is -0.484 e. The molecule has 0 unspecified atom stereocenters. The monoisotopic (exact) mass is 338 g/mol. The molecule has 0 spiro atoms. The number of ether oxygens (including phenoxy) is 2. The summed E-state index contributed by atoms with van der Waals surface area (Å²) in [6, 6.07) is 15.7. The third kappa shape index (κ3) is 3.20. The number of rotatable bonds is 3. The maximum absolute atomic E-state index is 12.1. The second kappa shape index (κ2) is 6.08. The zero-order chi connectivity index (χ0) is 17.4. The van der Waals surface area contributed by atoms with Crippen molar-refractivity contribution in [1.82, 2.24) is 5.32 Å². The number of anilines is 2. The highest BCUT2D eigenvalue weighted by atomic mass is 16.5. The van der Waals surface area contributed by atoms with E-state index in [9.17, 15) is 4.79 Å². The fourth-order valence-corrected chi connectivity index (χ4v) is 3.16. The SMILES string of the molecule is CC1(C)CN(c2cccc(OC(=O)C3CNC3)c2)c2ccccc2O1. The van der Waals surface area contributed by atoms with Gasteiger partial charge < -0.3 is 19.7 Å². The molecule has 0 saturated carbocycles. The second-order valence-corrected chi connectivity index (χ2v) is 7.19. The molecule has 130 valence electrons. The minimum absolute atomic E-state index is 0.0355. The maximum Gasteiger partial charge on any atom is 0.316 e. The normalized spacial score (nSPS) is 18.7. The summed E-state index contributed by atoms with van der Waals surface area (Å²) >= 11 is 0. The van der Waals surface area contributed by atoms with Crippen molar-refractivity contribution in [2.24, 2.45) is 5.92 Å². The number of nitrogens with one attached hydrogen (secondary N) is 1. The molecule has 4 rings (SSSR count). The highest BCUT2D eigenvalue weighted by Gasteiger charge is 2.32. The lowest BCUT2D eigenvalue weighted by molar-refractivity contribution is -0.140. The van der Waals surface area contributed by atoms with Gasteiger partial charge in [-0.25, -0.2) is 0 Å². The molecule has 2 aromatic carbocycles. The van der Waals surface area contributed by atoms with E-state index in [1.807, 2.05) is 48.5 Å². The van der Waals surface area contributed by atoms with Crippen molar-refractivity contribution in [2.45, 2.75) is 19.4 Å². The predicted molar refractivity (Wildman–Crippen MR) is 96.6 cm³/mol. The first-order valence-electron chi connectivity index (χ1n) is 8.60. The molecule has 0 aromatic heterocycles. The molecule has 1 N–H and O–H groups in total. The zero-order valence-electron chi connectivity index (χ0n) is 14.5. The number of hydrogen-bond acceptors (Lipinski definition) is 5. The largest absolute Gasteiger partial charge is 0.484 e. The molecule has 2 aliphatic heterocycles. The molecule has 2 heterocycles. The summed E-state index contributed by atoms with van der Waals surface area (Å²) in [5.41, 5.74) is 1.70. The van der Waals surface area contributed by atoms with Crippen molar-refractivity contribution in [3.05, 3.63) is 48.5 Å². The van der Waals surface area contributed by atoms with E-state index < -0.39 is 0 Å². The van der Waals surface area contributed by atoms with Gasteiger partial charge in [0.1, 0.15) is 17.1 Å². The molecule has 25 heavy (non-hydrogen) atoms. The van der Waals surface area contributed by atoms with Gasteiger partial charge in [-0.3, -0.25) is 4.79 Å². The molecule has 0 amide bonds. The van der Waals surface area contributed by atoms with E-state index in [4.69, 9.17) is 9.47 Å². The zero-order valence-corrected chi connectivity index (χ0v) is 14.5. The van der Waals surface area contributed by atoms with E-state index in [0.717, 1.165) is 17.1 Å². The van der Waals surface area contributed by atoms with Gasteiger partial charge in [0.2, 0.25) is 0 Å². The van der Waals surface area contributed by atoms with Gasteiger partial charge in [-0.2, -0.15) is 0 Å². The first-order chi connectivity index (χ1) is 12.0. The first-order valence-corrected chi connectivity index (χ1v) is 8.60. The molecule has 1 saturated heterocycles. The predicted octanol–water partition coefficient (Wildman–Crippen LogP) is 3.12. The van der Waals surface area contributed by atoms with Gasteiger partial charge in [0.15, 0.2) is 0 Å². The van der Waals surface area contributed by atoms with Gasteiger partial charge in [0, 0.05) is 24.8 Å². The third-order valence-electron chi connectivity index (χ3n) is 4.54. The van der Waals surface area contributed by atoms with Crippen LogP contribution in [-0.2, 0) is 4.79 Å². The van der Waals surface area contributed by atoms with E-state index in [1.54, 1.807) is 0 Å². The molecule has 1 fully saturated rings. The summed E-state index contributed by atoms with van der Waals surface area (Å²) in [6.45, 7) is 6.26. The van der Waals surface area contributed by atoms with E-state index >= 15 is 0 Å². The van der Waals surface area contributed by atoms with Crippen LogP contribution in [0.25, 0.3) is 0 Å². The summed E-state index contributed by atoms with van der Waals surface area (Å²) in [5.74, 6) is 1.24. The quantitative estimate of drug-likeness (QED) is 0.688. The van der Waals surface area contributed by atoms with Gasteiger partial charge in [0.25, 0.3) is 0 Å². The lowest BCUT2D eigenvalue weighted by atomic mass is 10.0. The molecule has 5 nitrogen and oxygen atoms in total. The molecule has 0 atom stereocenters. The van der Waals surface area contributed by atoms with Crippen molar-refractivity contribution in [2.75, 3.05) is 24.5 Å². The van der Waals surface area contributed by atoms with Crippen LogP contribution in [0.1, 0.15) is 13.8 Å². The standard InChI is InChI=1S/C20H22N2O3/c1-20(2)13-22(17-8-3-4-9-18(17)25-20)15-6-5-7-16(10-15)24-19(23)14-11-21-12-14/h3-10,14,21H,11-13H2,1-2H3. The maximum atomic E-state index is 12.1. The van der Waals surface area contributed by atoms with Crippen molar-refractivity contribution >= 4 is 17.3 Å². The van der Waals surface area contributed by atoms with Crippen LogP contribution in [0, 0.1) is 5.92 Å². The number of esters is 1. The Balaban J connectivity index is 1.63. The van der Waals surface area contributed by atoms with Crippen molar-refractivity contribution in [3.8, 4) is 11.5 Å². The van der Waals surface area contributed by atoms with Gasteiger partial charge >= 0.3 is 5.97 Å². The fourth-order valence-electron chi connectivity index (χ4n) is 3.16. The Kier molecular flexibility index (Phi) is 3.88. The number of para-hydroxylation sites is 2. The van der Waals surface area contributed by atoms with E-state index in [-0.39, 0.29) is 17.5 Å². The second-order valence-electron chi connectivity index (χ2n) is 7.19. The highest BCUT2D eigenvalue weighted by molar-refractivity contribution is 5.77. The van der Waals surface area contributed by atoms with Gasteiger partial charge in [0.05, 0.1) is 18.2 Å². The van der Waals surface area contributed by atoms with Crippen LogP contribution in [0.4, 0.5) is 11.4 Å². The number of nitrogens with zero attached hydrogens (tertiary/aromatic N) is 1. The van der Waals surface area contributed by atoms with Crippen LogP contribution in [-0.4, -0.2) is 31.2 Å². The Morgan fingerprint density at radius 1 is 1.20 bits per heavy atom. The first kappa shape index (κ1) is 16.0. The van der Waals surface area contributed by atoms with Crippen LogP contribution in [0.2, 0.25) is 0 Å². The van der Waals surface area contributed by atoms with Crippen LogP contribution in [0.15, 0.2) is 48.5 Å². The van der Waals surface area contributed by atoms with Crippen molar-refractivity contribution in [1.29, 1.82) is 0 Å². The summed E-state index contributed by atoms with van der Waals surface area (Å²) in [6.07, 6.45) is 0. The van der Waals surface area contributed by atoms with Crippen LogP contribution < -0.4 is 19.7 Å². The number of hydrogen-bond donors (Lipinski definition) is 1. The molecule has 5 heteroatoms. The molecular formula is C20H22N2O3. The lowest BCUT2D eigenvalue weighted by Crippen LogP contribution is -2.48. The Labute approximate surface area is 147 Å². The molecule has 2 aliphatic rings. The van der Waals surface area contributed by atoms with Crippen LogP contribution >= 0.6 is 0 Å². The van der Waals surface area contributed by atoms with Crippen molar-refractivity contribution < 1.29 is 14.3 Å². The van der Waals surface area contributed by atoms with Crippen LogP contribution in [0.3, 0.4) is 0 Å². The summed E-state index contributed by atoms with van der Waals surface area (Å²) in [5, 5.41) is 3.09. The average Bonchev–Trinajstić information content (AvgIpc) is 2.51. The number of fused-ring (bicyclic) bond motifs is 1. The van der Waals surface area contributed by atoms with E-state index in [1.165, 1.54) is 0 Å². The number of carbonyl (C=O) groups excluding carboxylic acids is 1. The summed E-state index contributed by atoms with van der Waals surface area (Å²) in [4.78, 5) is 14.3. The Bertz CT molecular complexity index is 799. The molecule has 0 aliphatic carbocycles. The third-order valence-corrected chi connectivity index (χ3v) is 4.54. The number of benzene rings is 2. The van der Waals surface area contributed by atoms with Gasteiger partial charge in [-0.1, -0.05) is 18.2 Å². The van der Waals surface area contributed by atoms with E-state index in [0.29, 0.717) is 25.4 Å². The minimum atomic E-state index is -0.307. The van der Waals surface area contributed by atoms with E-state index in [2.05, 4.69) is 24.1 Å².